The van der Waals surface area contributed by atoms with E-state index in [0.717, 1.165) is 14.4 Å². The van der Waals surface area contributed by atoms with Crippen LogP contribution in [0, 0.1) is 11.3 Å². The maximum Gasteiger partial charge on any atom is 0.208 e. The zero-order valence-corrected chi connectivity index (χ0v) is 12.1. The molecule has 1 aromatic heterocycles. The topological polar surface area (TPSA) is 52.8 Å². The van der Waals surface area contributed by atoms with Crippen molar-refractivity contribution in [3.8, 4) is 6.07 Å². The molecule has 1 aromatic carbocycles. The number of rotatable bonds is 3. The van der Waals surface area contributed by atoms with Crippen molar-refractivity contribution in [2.75, 3.05) is 19.0 Å². The van der Waals surface area contributed by atoms with E-state index in [1.54, 1.807) is 12.1 Å². The SMILES string of the molecule is CN(C)c1nnc(Sc2ccc(Cl)cc2C#N)s1. The number of aromatic nitrogens is 2. The summed E-state index contributed by atoms with van der Waals surface area (Å²) in [5.41, 5.74) is 0.550. The Bertz CT molecular complexity index is 603. The molecular formula is C11H9ClN4S2. The summed E-state index contributed by atoms with van der Waals surface area (Å²) in [6, 6.07) is 7.36. The highest BCUT2D eigenvalue weighted by atomic mass is 35.5. The van der Waals surface area contributed by atoms with Gasteiger partial charge in [0, 0.05) is 24.0 Å². The summed E-state index contributed by atoms with van der Waals surface area (Å²) >= 11 is 8.76. The van der Waals surface area contributed by atoms with Crippen LogP contribution in [0.25, 0.3) is 0 Å². The Kier molecular flexibility index (Phi) is 4.07. The van der Waals surface area contributed by atoms with Crippen LogP contribution in [-0.2, 0) is 0 Å². The van der Waals surface area contributed by atoms with E-state index in [9.17, 15) is 0 Å². The quantitative estimate of drug-likeness (QED) is 0.870. The van der Waals surface area contributed by atoms with Crippen molar-refractivity contribution in [1.82, 2.24) is 10.2 Å². The van der Waals surface area contributed by atoms with Crippen molar-refractivity contribution < 1.29 is 0 Å². The average molecular weight is 297 g/mol. The Morgan fingerprint density at radius 1 is 1.39 bits per heavy atom. The van der Waals surface area contributed by atoms with E-state index in [1.165, 1.54) is 23.1 Å². The number of nitrogens with zero attached hydrogens (tertiary/aromatic N) is 4. The first-order chi connectivity index (χ1) is 8.60. The standard InChI is InChI=1S/C11H9ClN4S2/c1-16(2)10-14-15-11(18-10)17-9-4-3-8(12)5-7(9)6-13/h3-5H,1-2H3. The molecule has 0 atom stereocenters. The van der Waals surface area contributed by atoms with Crippen LogP contribution in [-0.4, -0.2) is 24.3 Å². The first-order valence-electron chi connectivity index (χ1n) is 4.98. The molecule has 0 spiro atoms. The Labute approximate surface area is 118 Å². The predicted molar refractivity (Wildman–Crippen MR) is 74.5 cm³/mol. The molecule has 0 aliphatic heterocycles. The molecule has 0 aliphatic rings. The van der Waals surface area contributed by atoms with Crippen LogP contribution >= 0.6 is 34.7 Å². The first kappa shape index (κ1) is 13.1. The molecule has 0 saturated carbocycles. The van der Waals surface area contributed by atoms with Gasteiger partial charge in [-0.25, -0.2) is 0 Å². The van der Waals surface area contributed by atoms with Gasteiger partial charge in [0.1, 0.15) is 6.07 Å². The molecule has 0 N–H and O–H groups in total. The second-order valence-electron chi connectivity index (χ2n) is 3.60. The first-order valence-corrected chi connectivity index (χ1v) is 6.99. The molecule has 0 unspecified atom stereocenters. The fourth-order valence-corrected chi connectivity index (χ4v) is 3.15. The lowest BCUT2D eigenvalue weighted by molar-refractivity contribution is 0.972. The molecule has 0 radical (unpaired) electrons. The monoisotopic (exact) mass is 296 g/mol. The number of nitriles is 1. The molecule has 0 fully saturated rings. The lowest BCUT2D eigenvalue weighted by Crippen LogP contribution is -2.07. The maximum absolute atomic E-state index is 9.05. The Hall–Kier alpha value is -1.29. The number of benzene rings is 1. The minimum atomic E-state index is 0.550. The fourth-order valence-electron chi connectivity index (χ4n) is 1.20. The van der Waals surface area contributed by atoms with Gasteiger partial charge in [0.2, 0.25) is 5.13 Å². The number of hydrogen-bond acceptors (Lipinski definition) is 6. The van der Waals surface area contributed by atoms with Gasteiger partial charge in [-0.15, -0.1) is 10.2 Å². The minimum absolute atomic E-state index is 0.550. The van der Waals surface area contributed by atoms with Crippen molar-refractivity contribution in [3.63, 3.8) is 0 Å². The molecule has 2 rings (SSSR count). The van der Waals surface area contributed by atoms with Crippen LogP contribution in [0.2, 0.25) is 5.02 Å². The molecule has 1 heterocycles. The van der Waals surface area contributed by atoms with Crippen LogP contribution < -0.4 is 4.90 Å². The van der Waals surface area contributed by atoms with Crippen LogP contribution in [0.15, 0.2) is 27.4 Å². The van der Waals surface area contributed by atoms with Gasteiger partial charge in [-0.1, -0.05) is 34.7 Å². The Morgan fingerprint density at radius 3 is 2.78 bits per heavy atom. The average Bonchev–Trinajstić information content (AvgIpc) is 2.80. The summed E-state index contributed by atoms with van der Waals surface area (Å²) in [5, 5.41) is 18.6. The lowest BCUT2D eigenvalue weighted by atomic mass is 10.2. The summed E-state index contributed by atoms with van der Waals surface area (Å²) in [6.45, 7) is 0. The number of anilines is 1. The molecule has 0 saturated heterocycles. The number of hydrogen-bond donors (Lipinski definition) is 0. The van der Waals surface area contributed by atoms with Crippen molar-refractivity contribution in [2.45, 2.75) is 9.24 Å². The summed E-state index contributed by atoms with van der Waals surface area (Å²) in [7, 11) is 3.83. The van der Waals surface area contributed by atoms with E-state index in [0.29, 0.717) is 10.6 Å². The zero-order chi connectivity index (χ0) is 13.1. The van der Waals surface area contributed by atoms with Gasteiger partial charge in [-0.3, -0.25) is 0 Å². The fraction of sp³-hybridized carbons (Fsp3) is 0.182. The van der Waals surface area contributed by atoms with Gasteiger partial charge in [-0.2, -0.15) is 5.26 Å². The van der Waals surface area contributed by atoms with Gasteiger partial charge < -0.3 is 4.90 Å². The highest BCUT2D eigenvalue weighted by molar-refractivity contribution is 8.01. The molecule has 2 aromatic rings. The van der Waals surface area contributed by atoms with Gasteiger partial charge in [-0.05, 0) is 18.2 Å². The van der Waals surface area contributed by atoms with E-state index in [2.05, 4.69) is 16.3 Å². The second-order valence-corrected chi connectivity index (χ2v) is 6.28. The molecule has 18 heavy (non-hydrogen) atoms. The van der Waals surface area contributed by atoms with E-state index < -0.39 is 0 Å². The number of halogens is 1. The maximum atomic E-state index is 9.05. The Morgan fingerprint density at radius 2 is 2.17 bits per heavy atom. The minimum Gasteiger partial charge on any atom is -0.353 e. The third kappa shape index (κ3) is 2.93. The van der Waals surface area contributed by atoms with Crippen molar-refractivity contribution in [1.29, 1.82) is 5.26 Å². The smallest absolute Gasteiger partial charge is 0.208 e. The van der Waals surface area contributed by atoms with Crippen LogP contribution in [0.5, 0.6) is 0 Å². The highest BCUT2D eigenvalue weighted by Gasteiger charge is 2.10. The zero-order valence-electron chi connectivity index (χ0n) is 9.72. The van der Waals surface area contributed by atoms with E-state index in [4.69, 9.17) is 16.9 Å². The molecule has 0 amide bonds. The summed E-state index contributed by atoms with van der Waals surface area (Å²) in [4.78, 5) is 2.73. The highest BCUT2D eigenvalue weighted by Crippen LogP contribution is 2.35. The molecule has 0 bridgehead atoms. The molecule has 7 heteroatoms. The van der Waals surface area contributed by atoms with Gasteiger partial charge in [0.25, 0.3) is 0 Å². The van der Waals surface area contributed by atoms with E-state index in [-0.39, 0.29) is 0 Å². The molecule has 92 valence electrons. The normalized spacial score (nSPS) is 10.1. The third-order valence-corrected chi connectivity index (χ3v) is 4.49. The Balaban J connectivity index is 2.26. The second kappa shape index (κ2) is 5.57. The van der Waals surface area contributed by atoms with Gasteiger partial charge >= 0.3 is 0 Å². The van der Waals surface area contributed by atoms with Gasteiger partial charge in [0.15, 0.2) is 4.34 Å². The van der Waals surface area contributed by atoms with Crippen molar-refractivity contribution in [2.24, 2.45) is 0 Å². The van der Waals surface area contributed by atoms with E-state index in [1.807, 2.05) is 25.1 Å². The van der Waals surface area contributed by atoms with Crippen molar-refractivity contribution in [3.05, 3.63) is 28.8 Å². The van der Waals surface area contributed by atoms with Crippen molar-refractivity contribution >= 4 is 39.8 Å². The van der Waals surface area contributed by atoms with Crippen LogP contribution in [0.1, 0.15) is 5.56 Å². The van der Waals surface area contributed by atoms with Gasteiger partial charge in [0.05, 0.1) is 5.56 Å². The molecular weight excluding hydrogens is 288 g/mol. The predicted octanol–water partition coefficient (Wildman–Crippen LogP) is 3.28. The van der Waals surface area contributed by atoms with Crippen LogP contribution in [0.4, 0.5) is 5.13 Å². The molecule has 0 aliphatic carbocycles. The largest absolute Gasteiger partial charge is 0.353 e. The summed E-state index contributed by atoms with van der Waals surface area (Å²) in [5.74, 6) is 0. The summed E-state index contributed by atoms with van der Waals surface area (Å²) < 4.78 is 0.803. The lowest BCUT2D eigenvalue weighted by Gasteiger charge is -2.04. The third-order valence-electron chi connectivity index (χ3n) is 2.04. The molecule has 4 nitrogen and oxygen atoms in total. The summed E-state index contributed by atoms with van der Waals surface area (Å²) in [6.07, 6.45) is 0. The van der Waals surface area contributed by atoms with Crippen LogP contribution in [0.3, 0.4) is 0 Å². The van der Waals surface area contributed by atoms with E-state index >= 15 is 0 Å².